The first-order chi connectivity index (χ1) is 9.20. The minimum absolute atomic E-state index is 0.00176. The van der Waals surface area contributed by atoms with Crippen LogP contribution < -0.4 is 9.86 Å². The molecule has 6 nitrogen and oxygen atoms in total. The summed E-state index contributed by atoms with van der Waals surface area (Å²) >= 11 is 5.90. The molecule has 0 saturated heterocycles. The van der Waals surface area contributed by atoms with Gasteiger partial charge in [0.1, 0.15) is 0 Å². The van der Waals surface area contributed by atoms with Crippen LogP contribution >= 0.6 is 11.6 Å². The average molecular weight is 339 g/mol. The molecule has 1 aliphatic carbocycles. The van der Waals surface area contributed by atoms with Gasteiger partial charge in [-0.1, -0.05) is 24.4 Å². The van der Waals surface area contributed by atoms with Crippen LogP contribution in [0.1, 0.15) is 25.7 Å². The van der Waals surface area contributed by atoms with E-state index < -0.39 is 25.3 Å². The van der Waals surface area contributed by atoms with Gasteiger partial charge in [0.15, 0.2) is 0 Å². The highest BCUT2D eigenvalue weighted by molar-refractivity contribution is 7.93. The highest BCUT2D eigenvalue weighted by Crippen LogP contribution is 2.30. The minimum Gasteiger partial charge on any atom is -0.282 e. The zero-order chi connectivity index (χ0) is 15.0. The van der Waals surface area contributed by atoms with Crippen molar-refractivity contribution in [1.82, 2.24) is 0 Å². The van der Waals surface area contributed by atoms with E-state index in [2.05, 4.69) is 4.72 Å². The Kier molecular flexibility index (Phi) is 4.29. The van der Waals surface area contributed by atoms with Gasteiger partial charge in [-0.25, -0.2) is 22.0 Å². The van der Waals surface area contributed by atoms with Gasteiger partial charge in [0.2, 0.25) is 20.0 Å². The molecule has 0 atom stereocenters. The number of primary sulfonamides is 1. The first kappa shape index (κ1) is 15.6. The van der Waals surface area contributed by atoms with Crippen molar-refractivity contribution in [2.24, 2.45) is 5.14 Å². The number of halogens is 1. The third-order valence-electron chi connectivity index (χ3n) is 3.26. The number of hydrogen-bond acceptors (Lipinski definition) is 4. The summed E-state index contributed by atoms with van der Waals surface area (Å²) in [6.07, 6.45) is 3.04. The molecular weight excluding hydrogens is 324 g/mol. The van der Waals surface area contributed by atoms with Crippen LogP contribution in [0.4, 0.5) is 5.69 Å². The Morgan fingerprint density at radius 2 is 1.75 bits per heavy atom. The smallest absolute Gasteiger partial charge is 0.238 e. The number of benzene rings is 1. The molecule has 112 valence electrons. The molecule has 9 heteroatoms. The first-order valence-corrected chi connectivity index (χ1v) is 9.51. The van der Waals surface area contributed by atoms with Crippen molar-refractivity contribution < 1.29 is 16.8 Å². The van der Waals surface area contributed by atoms with E-state index in [4.69, 9.17) is 16.7 Å². The lowest BCUT2D eigenvalue weighted by Gasteiger charge is -2.14. The van der Waals surface area contributed by atoms with Gasteiger partial charge in [-0.05, 0) is 31.0 Å². The average Bonchev–Trinajstić information content (AvgIpc) is 2.84. The van der Waals surface area contributed by atoms with Crippen molar-refractivity contribution in [2.75, 3.05) is 4.72 Å². The first-order valence-electron chi connectivity index (χ1n) is 6.04. The molecule has 1 aliphatic rings. The van der Waals surface area contributed by atoms with E-state index in [-0.39, 0.29) is 15.6 Å². The van der Waals surface area contributed by atoms with E-state index in [0.29, 0.717) is 12.8 Å². The van der Waals surface area contributed by atoms with Crippen LogP contribution in [0.2, 0.25) is 5.02 Å². The summed E-state index contributed by atoms with van der Waals surface area (Å²) in [7, 11) is -7.36. The minimum atomic E-state index is -3.86. The van der Waals surface area contributed by atoms with Crippen LogP contribution in [0.5, 0.6) is 0 Å². The molecule has 2 rings (SSSR count). The lowest BCUT2D eigenvalue weighted by atomic mass is 10.3. The summed E-state index contributed by atoms with van der Waals surface area (Å²) in [6, 6.07) is 3.64. The zero-order valence-corrected chi connectivity index (χ0v) is 12.9. The van der Waals surface area contributed by atoms with Crippen molar-refractivity contribution in [3.05, 3.63) is 23.2 Å². The summed E-state index contributed by atoms with van der Waals surface area (Å²) in [5.41, 5.74) is 0.158. The molecule has 0 radical (unpaired) electrons. The number of hydrogen-bond donors (Lipinski definition) is 2. The maximum Gasteiger partial charge on any atom is 0.238 e. The van der Waals surface area contributed by atoms with Gasteiger partial charge in [-0.3, -0.25) is 4.72 Å². The predicted octanol–water partition coefficient (Wildman–Crippen LogP) is 1.67. The van der Waals surface area contributed by atoms with E-state index in [1.54, 1.807) is 0 Å². The highest BCUT2D eigenvalue weighted by Gasteiger charge is 2.29. The summed E-state index contributed by atoms with van der Waals surface area (Å²) in [4.78, 5) is -0.161. The van der Waals surface area contributed by atoms with E-state index in [1.165, 1.54) is 12.1 Å². The standard InChI is InChI=1S/C11H15ClN2O4S2/c12-10-7-9(19(13,15)16)5-6-11(10)14-20(17,18)8-3-1-2-4-8/h5-8,14H,1-4H2,(H2,13,15,16). The van der Waals surface area contributed by atoms with Crippen molar-refractivity contribution in [3.8, 4) is 0 Å². The second-order valence-corrected chi connectivity index (χ2v) is 8.67. The van der Waals surface area contributed by atoms with Gasteiger partial charge in [0, 0.05) is 0 Å². The zero-order valence-electron chi connectivity index (χ0n) is 10.5. The molecule has 0 heterocycles. The van der Waals surface area contributed by atoms with Crippen molar-refractivity contribution >= 4 is 37.3 Å². The van der Waals surface area contributed by atoms with E-state index in [1.807, 2.05) is 0 Å². The van der Waals surface area contributed by atoms with E-state index in [0.717, 1.165) is 18.9 Å². The SMILES string of the molecule is NS(=O)(=O)c1ccc(NS(=O)(=O)C2CCCC2)c(Cl)c1. The molecule has 1 fully saturated rings. The maximum absolute atomic E-state index is 12.1. The molecule has 0 amide bonds. The number of sulfonamides is 2. The Balaban J connectivity index is 2.26. The van der Waals surface area contributed by atoms with Crippen LogP contribution in [0, 0.1) is 0 Å². The fraction of sp³-hybridized carbons (Fsp3) is 0.455. The molecule has 1 aromatic rings. The second kappa shape index (κ2) is 5.51. The van der Waals surface area contributed by atoms with Crippen LogP contribution in [-0.4, -0.2) is 22.1 Å². The van der Waals surface area contributed by atoms with E-state index >= 15 is 0 Å². The summed E-state index contributed by atoms with van der Waals surface area (Å²) < 4.78 is 49.0. The van der Waals surface area contributed by atoms with Crippen molar-refractivity contribution in [1.29, 1.82) is 0 Å². The quantitative estimate of drug-likeness (QED) is 0.870. The Morgan fingerprint density at radius 1 is 1.15 bits per heavy atom. The van der Waals surface area contributed by atoms with Gasteiger partial charge < -0.3 is 0 Å². The van der Waals surface area contributed by atoms with Gasteiger partial charge in [0.25, 0.3) is 0 Å². The van der Waals surface area contributed by atoms with Crippen LogP contribution in [0.25, 0.3) is 0 Å². The molecule has 0 aromatic heterocycles. The molecule has 0 aliphatic heterocycles. The Labute approximate surface area is 123 Å². The highest BCUT2D eigenvalue weighted by atomic mass is 35.5. The predicted molar refractivity (Wildman–Crippen MR) is 77.6 cm³/mol. The molecule has 0 bridgehead atoms. The van der Waals surface area contributed by atoms with Crippen LogP contribution in [-0.2, 0) is 20.0 Å². The Bertz CT molecular complexity index is 710. The Morgan fingerprint density at radius 3 is 2.25 bits per heavy atom. The normalized spacial score (nSPS) is 17.3. The van der Waals surface area contributed by atoms with Crippen LogP contribution in [0.15, 0.2) is 23.1 Å². The summed E-state index contributed by atoms with van der Waals surface area (Å²) in [5, 5.41) is 4.56. The summed E-state index contributed by atoms with van der Waals surface area (Å²) in [5.74, 6) is 0. The monoisotopic (exact) mass is 338 g/mol. The largest absolute Gasteiger partial charge is 0.282 e. The number of nitrogens with two attached hydrogens (primary N) is 1. The fourth-order valence-electron chi connectivity index (χ4n) is 2.19. The molecule has 1 aromatic carbocycles. The maximum atomic E-state index is 12.1. The van der Waals surface area contributed by atoms with Crippen LogP contribution in [0.3, 0.4) is 0 Å². The van der Waals surface area contributed by atoms with Gasteiger partial charge in [-0.2, -0.15) is 0 Å². The third-order valence-corrected chi connectivity index (χ3v) is 6.34. The molecule has 20 heavy (non-hydrogen) atoms. The fourth-order valence-corrected chi connectivity index (χ4v) is 4.68. The molecular formula is C11H15ClN2O4S2. The molecule has 0 unspecified atom stereocenters. The Hall–Kier alpha value is -0.830. The molecule has 1 saturated carbocycles. The molecule has 3 N–H and O–H groups in total. The second-order valence-electron chi connectivity index (χ2n) is 4.74. The lowest BCUT2D eigenvalue weighted by molar-refractivity contribution is 0.585. The lowest BCUT2D eigenvalue weighted by Crippen LogP contribution is -2.25. The molecule has 0 spiro atoms. The van der Waals surface area contributed by atoms with E-state index in [9.17, 15) is 16.8 Å². The van der Waals surface area contributed by atoms with Gasteiger partial charge in [-0.15, -0.1) is 0 Å². The topological polar surface area (TPSA) is 106 Å². The third kappa shape index (κ3) is 3.43. The summed E-state index contributed by atoms with van der Waals surface area (Å²) in [6.45, 7) is 0. The number of anilines is 1. The van der Waals surface area contributed by atoms with Crippen molar-refractivity contribution in [3.63, 3.8) is 0 Å². The number of rotatable bonds is 4. The van der Waals surface area contributed by atoms with Gasteiger partial charge >= 0.3 is 0 Å². The number of nitrogens with one attached hydrogen (secondary N) is 1. The van der Waals surface area contributed by atoms with Crippen molar-refractivity contribution in [2.45, 2.75) is 35.8 Å². The van der Waals surface area contributed by atoms with Gasteiger partial charge in [0.05, 0.1) is 20.9 Å².